The number of piperidine rings is 1. The van der Waals surface area contributed by atoms with Crippen molar-refractivity contribution >= 4 is 17.4 Å². The van der Waals surface area contributed by atoms with Crippen molar-refractivity contribution < 1.29 is 4.79 Å². The Labute approximate surface area is 143 Å². The number of nitrogens with zero attached hydrogens (tertiary/aromatic N) is 3. The molecule has 0 bridgehead atoms. The van der Waals surface area contributed by atoms with E-state index in [0.29, 0.717) is 11.7 Å². The fraction of sp³-hybridized carbons (Fsp3) is 0.421. The van der Waals surface area contributed by atoms with Crippen LogP contribution >= 0.6 is 0 Å². The summed E-state index contributed by atoms with van der Waals surface area (Å²) in [6.07, 6.45) is 8.07. The van der Waals surface area contributed by atoms with E-state index >= 15 is 0 Å². The lowest BCUT2D eigenvalue weighted by molar-refractivity contribution is 0.102. The highest BCUT2D eigenvalue weighted by atomic mass is 16.1. The molecule has 1 aliphatic rings. The first kappa shape index (κ1) is 16.4. The smallest absolute Gasteiger partial charge is 0.275 e. The monoisotopic (exact) mass is 324 g/mol. The van der Waals surface area contributed by atoms with Crippen molar-refractivity contribution in [2.45, 2.75) is 45.6 Å². The van der Waals surface area contributed by atoms with Crippen LogP contribution < -0.4 is 10.2 Å². The number of aryl methyl sites for hydroxylation is 1. The van der Waals surface area contributed by atoms with E-state index in [4.69, 9.17) is 0 Å². The summed E-state index contributed by atoms with van der Waals surface area (Å²) in [5, 5.41) is 2.86. The molecule has 1 atom stereocenters. The minimum absolute atomic E-state index is 0.231. The second-order valence-corrected chi connectivity index (χ2v) is 6.33. The SMILES string of the molecule is CCC1CCCCN1c1cnc(C(=O)Nc2cccc(C)c2)cn1. The maximum Gasteiger partial charge on any atom is 0.275 e. The van der Waals surface area contributed by atoms with Crippen LogP contribution in [0.5, 0.6) is 0 Å². The summed E-state index contributed by atoms with van der Waals surface area (Å²) in [5.74, 6) is 0.638. The highest BCUT2D eigenvalue weighted by Gasteiger charge is 2.22. The molecule has 5 nitrogen and oxygen atoms in total. The molecule has 2 heterocycles. The van der Waals surface area contributed by atoms with Gasteiger partial charge in [0.1, 0.15) is 11.5 Å². The van der Waals surface area contributed by atoms with Crippen molar-refractivity contribution in [1.82, 2.24) is 9.97 Å². The number of hydrogen-bond donors (Lipinski definition) is 1. The number of nitrogens with one attached hydrogen (secondary N) is 1. The topological polar surface area (TPSA) is 58.1 Å². The van der Waals surface area contributed by atoms with Gasteiger partial charge in [0.25, 0.3) is 5.91 Å². The van der Waals surface area contributed by atoms with E-state index in [1.165, 1.54) is 19.3 Å². The number of anilines is 2. The summed E-state index contributed by atoms with van der Waals surface area (Å²) in [4.78, 5) is 23.4. The summed E-state index contributed by atoms with van der Waals surface area (Å²) in [7, 11) is 0. The first-order chi connectivity index (χ1) is 11.7. The molecule has 1 aromatic carbocycles. The Hall–Kier alpha value is -2.43. The van der Waals surface area contributed by atoms with Gasteiger partial charge in [-0.2, -0.15) is 0 Å². The number of amides is 1. The Balaban J connectivity index is 1.70. The molecule has 1 aliphatic heterocycles. The third-order valence-electron chi connectivity index (χ3n) is 4.54. The van der Waals surface area contributed by atoms with E-state index in [2.05, 4.69) is 27.1 Å². The van der Waals surface area contributed by atoms with Gasteiger partial charge in [-0.3, -0.25) is 4.79 Å². The zero-order valence-corrected chi connectivity index (χ0v) is 14.3. The van der Waals surface area contributed by atoms with E-state index in [9.17, 15) is 4.79 Å². The molecule has 0 aliphatic carbocycles. The van der Waals surface area contributed by atoms with Crippen LogP contribution in [0.2, 0.25) is 0 Å². The van der Waals surface area contributed by atoms with Crippen LogP contribution in [0.25, 0.3) is 0 Å². The standard InChI is InChI=1S/C19H24N4O/c1-3-16-9-4-5-10-23(16)18-13-20-17(12-21-18)19(24)22-15-8-6-7-14(2)11-15/h6-8,11-13,16H,3-5,9-10H2,1-2H3,(H,22,24). The summed E-state index contributed by atoms with van der Waals surface area (Å²) in [6.45, 7) is 5.22. The minimum Gasteiger partial charge on any atom is -0.352 e. The molecule has 0 radical (unpaired) electrons. The molecule has 3 rings (SSSR count). The summed E-state index contributed by atoms with van der Waals surface area (Å²) in [6, 6.07) is 8.24. The van der Waals surface area contributed by atoms with Gasteiger partial charge >= 0.3 is 0 Å². The molecule has 1 unspecified atom stereocenters. The molecular weight excluding hydrogens is 300 g/mol. The molecule has 5 heteroatoms. The zero-order valence-electron chi connectivity index (χ0n) is 14.3. The van der Waals surface area contributed by atoms with Gasteiger partial charge in [0, 0.05) is 18.3 Å². The Morgan fingerprint density at radius 1 is 1.29 bits per heavy atom. The van der Waals surface area contributed by atoms with Crippen LogP contribution in [-0.2, 0) is 0 Å². The third-order valence-corrected chi connectivity index (χ3v) is 4.54. The van der Waals surface area contributed by atoms with Gasteiger partial charge in [-0.05, 0) is 50.3 Å². The van der Waals surface area contributed by atoms with Crippen molar-refractivity contribution in [2.24, 2.45) is 0 Å². The predicted molar refractivity (Wildman–Crippen MR) is 96.4 cm³/mol. The average molecular weight is 324 g/mol. The van der Waals surface area contributed by atoms with Gasteiger partial charge in [-0.1, -0.05) is 19.1 Å². The minimum atomic E-state index is -0.231. The predicted octanol–water partition coefficient (Wildman–Crippen LogP) is 3.81. The van der Waals surface area contributed by atoms with E-state index < -0.39 is 0 Å². The highest BCUT2D eigenvalue weighted by Crippen LogP contribution is 2.24. The molecule has 126 valence electrons. The van der Waals surface area contributed by atoms with Crippen LogP contribution in [0.3, 0.4) is 0 Å². The second kappa shape index (κ2) is 7.43. The lowest BCUT2D eigenvalue weighted by Gasteiger charge is -2.35. The van der Waals surface area contributed by atoms with Crippen LogP contribution in [0.1, 0.15) is 48.7 Å². The number of hydrogen-bond acceptors (Lipinski definition) is 4. The Kier molecular flexibility index (Phi) is 5.08. The van der Waals surface area contributed by atoms with E-state index in [0.717, 1.165) is 30.0 Å². The molecule has 1 amide bonds. The fourth-order valence-electron chi connectivity index (χ4n) is 3.23. The lowest BCUT2D eigenvalue weighted by Crippen LogP contribution is -2.39. The molecule has 2 aromatic rings. The fourth-order valence-corrected chi connectivity index (χ4v) is 3.23. The van der Waals surface area contributed by atoms with E-state index in [1.807, 2.05) is 31.2 Å². The van der Waals surface area contributed by atoms with Gasteiger partial charge < -0.3 is 10.2 Å². The summed E-state index contributed by atoms with van der Waals surface area (Å²) < 4.78 is 0. The summed E-state index contributed by atoms with van der Waals surface area (Å²) in [5.41, 5.74) is 2.21. The van der Waals surface area contributed by atoms with E-state index in [1.54, 1.807) is 12.4 Å². The third kappa shape index (κ3) is 3.72. The normalized spacial score (nSPS) is 17.6. The quantitative estimate of drug-likeness (QED) is 0.929. The highest BCUT2D eigenvalue weighted by molar-refractivity contribution is 6.02. The largest absolute Gasteiger partial charge is 0.352 e. The molecule has 1 fully saturated rings. The number of carbonyl (C=O) groups is 1. The lowest BCUT2D eigenvalue weighted by atomic mass is 10.0. The van der Waals surface area contributed by atoms with E-state index in [-0.39, 0.29) is 5.91 Å². The van der Waals surface area contributed by atoms with Crippen molar-refractivity contribution in [3.05, 3.63) is 47.9 Å². The van der Waals surface area contributed by atoms with Gasteiger partial charge in [0.15, 0.2) is 0 Å². The van der Waals surface area contributed by atoms with Crippen molar-refractivity contribution in [3.63, 3.8) is 0 Å². The van der Waals surface area contributed by atoms with Crippen LogP contribution in [0.4, 0.5) is 11.5 Å². The first-order valence-electron chi connectivity index (χ1n) is 8.64. The van der Waals surface area contributed by atoms with Crippen molar-refractivity contribution in [1.29, 1.82) is 0 Å². The number of aromatic nitrogens is 2. The molecule has 0 saturated carbocycles. The van der Waals surface area contributed by atoms with Gasteiger partial charge in [0.2, 0.25) is 0 Å². The van der Waals surface area contributed by atoms with Gasteiger partial charge in [-0.15, -0.1) is 0 Å². The molecule has 1 aromatic heterocycles. The Bertz CT molecular complexity index is 699. The Morgan fingerprint density at radius 2 is 2.17 bits per heavy atom. The Morgan fingerprint density at radius 3 is 2.88 bits per heavy atom. The average Bonchev–Trinajstić information content (AvgIpc) is 2.62. The van der Waals surface area contributed by atoms with Crippen LogP contribution in [0.15, 0.2) is 36.7 Å². The molecule has 1 saturated heterocycles. The zero-order chi connectivity index (χ0) is 16.9. The second-order valence-electron chi connectivity index (χ2n) is 6.33. The molecule has 24 heavy (non-hydrogen) atoms. The number of rotatable bonds is 4. The number of benzene rings is 1. The maximum absolute atomic E-state index is 12.3. The molecule has 0 spiro atoms. The van der Waals surface area contributed by atoms with Crippen molar-refractivity contribution in [3.8, 4) is 0 Å². The molecule has 1 N–H and O–H groups in total. The molecular formula is C19H24N4O. The summed E-state index contributed by atoms with van der Waals surface area (Å²) >= 11 is 0. The number of carbonyl (C=O) groups excluding carboxylic acids is 1. The van der Waals surface area contributed by atoms with Crippen molar-refractivity contribution in [2.75, 3.05) is 16.8 Å². The van der Waals surface area contributed by atoms with Crippen LogP contribution in [-0.4, -0.2) is 28.5 Å². The van der Waals surface area contributed by atoms with Crippen LogP contribution in [0, 0.1) is 6.92 Å². The first-order valence-corrected chi connectivity index (χ1v) is 8.64. The maximum atomic E-state index is 12.3. The van der Waals surface area contributed by atoms with Gasteiger partial charge in [-0.25, -0.2) is 9.97 Å². The van der Waals surface area contributed by atoms with Gasteiger partial charge in [0.05, 0.1) is 12.4 Å².